The zero-order chi connectivity index (χ0) is 13.4. The fourth-order valence-corrected chi connectivity index (χ4v) is 1.85. The molecular formula is C12H18N3O3+. The van der Waals surface area contributed by atoms with E-state index in [-0.39, 0.29) is 0 Å². The van der Waals surface area contributed by atoms with Crippen molar-refractivity contribution >= 4 is 5.69 Å². The number of nitrogens with zero attached hydrogens (tertiary/aromatic N) is 2. The summed E-state index contributed by atoms with van der Waals surface area (Å²) in [5, 5.41) is 11.0. The van der Waals surface area contributed by atoms with E-state index in [1.165, 1.54) is 0 Å². The number of rotatable bonds is 3. The van der Waals surface area contributed by atoms with Gasteiger partial charge in [0.25, 0.3) is 0 Å². The Bertz CT molecular complexity index is 389. The first-order valence-electron chi connectivity index (χ1n) is 5.62. The summed E-state index contributed by atoms with van der Waals surface area (Å²) in [6.45, 7) is 3.31. The molecule has 0 unspecified atom stereocenters. The summed E-state index contributed by atoms with van der Waals surface area (Å²) >= 11 is 0. The number of benzene rings is 1. The van der Waals surface area contributed by atoms with E-state index in [2.05, 4.69) is 4.90 Å². The lowest BCUT2D eigenvalue weighted by Gasteiger charge is -2.30. The third kappa shape index (κ3) is 3.25. The fourth-order valence-electron chi connectivity index (χ4n) is 1.85. The van der Waals surface area contributed by atoms with Gasteiger partial charge in [0.1, 0.15) is 11.5 Å². The van der Waals surface area contributed by atoms with Crippen LogP contribution in [-0.2, 0) is 4.74 Å². The van der Waals surface area contributed by atoms with Crippen molar-refractivity contribution < 1.29 is 19.6 Å². The van der Waals surface area contributed by atoms with Gasteiger partial charge in [-0.05, 0) is 12.1 Å². The van der Waals surface area contributed by atoms with Crippen molar-refractivity contribution in [2.75, 3.05) is 45.4 Å². The molecule has 0 aliphatic carbocycles. The molecule has 0 aromatic heterocycles. The van der Waals surface area contributed by atoms with Gasteiger partial charge in [-0.15, -0.1) is 0 Å². The van der Waals surface area contributed by atoms with E-state index in [0.717, 1.165) is 43.5 Å². The maximum absolute atomic E-state index is 6.25. The molecule has 1 aromatic rings. The number of hydrogen-bond acceptors (Lipinski definition) is 5. The number of morpholine rings is 1. The summed E-state index contributed by atoms with van der Waals surface area (Å²) in [5.41, 5.74) is 1.07. The van der Waals surface area contributed by atoms with Crippen LogP contribution in [0.3, 0.4) is 0 Å². The van der Waals surface area contributed by atoms with E-state index >= 15 is 0 Å². The highest BCUT2D eigenvalue weighted by Gasteiger charge is 2.16. The smallest absolute Gasteiger partial charge is 0.212 e. The molecule has 0 atom stereocenters. The van der Waals surface area contributed by atoms with Crippen molar-refractivity contribution in [1.29, 1.82) is 5.39 Å². The van der Waals surface area contributed by atoms with Crippen LogP contribution in [0.1, 0.15) is 0 Å². The molecule has 2 rings (SSSR count). The van der Waals surface area contributed by atoms with Gasteiger partial charge < -0.3 is 19.1 Å². The maximum atomic E-state index is 6.25. The van der Waals surface area contributed by atoms with Gasteiger partial charge in [-0.2, -0.15) is 0 Å². The van der Waals surface area contributed by atoms with Crippen LogP contribution in [0.2, 0.25) is 0 Å². The van der Waals surface area contributed by atoms with Crippen molar-refractivity contribution in [2.24, 2.45) is 0 Å². The number of nitrogens with one attached hydrogen (secondary N) is 1. The standard InChI is InChI=1S/C12H17NO3.N2/c1-14-10-3-4-12(15-2)11(9-10)13-5-7-16-8-6-13;1-2/h3-4,9H,5-8H2,1-2H3;/p+1. The van der Waals surface area contributed by atoms with Crippen LogP contribution >= 0.6 is 0 Å². The number of methoxy groups -OCH3 is 2. The Morgan fingerprint density at radius 3 is 2.39 bits per heavy atom. The van der Waals surface area contributed by atoms with Gasteiger partial charge in [-0.1, -0.05) is 0 Å². The number of hydrogen-bond donors (Lipinski definition) is 1. The van der Waals surface area contributed by atoms with Gasteiger partial charge >= 0.3 is 0 Å². The Balaban J connectivity index is 0.000000771. The maximum Gasteiger partial charge on any atom is 0.212 e. The first-order valence-corrected chi connectivity index (χ1v) is 5.62. The molecule has 1 aliphatic rings. The molecule has 0 bridgehead atoms. The van der Waals surface area contributed by atoms with Gasteiger partial charge in [-0.3, -0.25) is 0 Å². The minimum Gasteiger partial charge on any atom is -0.497 e. The summed E-state index contributed by atoms with van der Waals surface area (Å²) < 4.78 is 15.9. The lowest BCUT2D eigenvalue weighted by Crippen LogP contribution is -2.36. The van der Waals surface area contributed by atoms with Gasteiger partial charge in [0.15, 0.2) is 0 Å². The summed E-state index contributed by atoms with van der Waals surface area (Å²) in [6.07, 6.45) is 0. The minimum atomic E-state index is 0.764. The molecular weight excluding hydrogens is 234 g/mol. The molecule has 1 heterocycles. The van der Waals surface area contributed by atoms with Crippen LogP contribution in [0.25, 0.3) is 0 Å². The summed E-state index contributed by atoms with van der Waals surface area (Å²) in [7, 11) is 3.36. The molecule has 0 spiro atoms. The van der Waals surface area contributed by atoms with Gasteiger partial charge in [0.2, 0.25) is 5.39 Å². The van der Waals surface area contributed by atoms with Crippen molar-refractivity contribution in [3.8, 4) is 11.5 Å². The fraction of sp³-hybridized carbons (Fsp3) is 0.500. The Kier molecular flexibility index (Phi) is 5.74. The highest BCUT2D eigenvalue weighted by Crippen LogP contribution is 2.32. The SMILES string of the molecule is COc1ccc(OC)c(N2CCOCC2)c1.N#[NH+]. The Morgan fingerprint density at radius 2 is 1.83 bits per heavy atom. The Hall–Kier alpha value is -2.00. The second kappa shape index (κ2) is 7.35. The van der Waals surface area contributed by atoms with Gasteiger partial charge in [0, 0.05) is 19.2 Å². The van der Waals surface area contributed by atoms with E-state index in [9.17, 15) is 0 Å². The van der Waals surface area contributed by atoms with Crippen LogP contribution in [0.15, 0.2) is 18.2 Å². The van der Waals surface area contributed by atoms with Crippen LogP contribution in [0.4, 0.5) is 5.69 Å². The highest BCUT2D eigenvalue weighted by atomic mass is 16.5. The van der Waals surface area contributed by atoms with Crippen LogP contribution in [-0.4, -0.2) is 40.5 Å². The molecule has 0 saturated carbocycles. The van der Waals surface area contributed by atoms with Crippen molar-refractivity contribution in [2.45, 2.75) is 0 Å². The molecule has 18 heavy (non-hydrogen) atoms. The average Bonchev–Trinajstić information content (AvgIpc) is 2.49. The monoisotopic (exact) mass is 252 g/mol. The van der Waals surface area contributed by atoms with Crippen LogP contribution in [0.5, 0.6) is 11.5 Å². The van der Waals surface area contributed by atoms with Gasteiger partial charge in [0.05, 0.1) is 38.5 Å². The summed E-state index contributed by atoms with van der Waals surface area (Å²) in [4.78, 5) is 2.25. The minimum absolute atomic E-state index is 0.764. The van der Waals surface area contributed by atoms with Crippen LogP contribution in [0, 0.1) is 5.39 Å². The van der Waals surface area contributed by atoms with Crippen molar-refractivity contribution in [1.82, 2.24) is 0 Å². The summed E-state index contributed by atoms with van der Waals surface area (Å²) in [5.74, 6) is 1.73. The molecule has 0 amide bonds. The number of ether oxygens (including phenoxy) is 3. The van der Waals surface area contributed by atoms with E-state index in [4.69, 9.17) is 25.0 Å². The Morgan fingerprint density at radius 1 is 1.17 bits per heavy atom. The zero-order valence-electron chi connectivity index (χ0n) is 10.7. The number of diazo groups is 1. The molecule has 6 nitrogen and oxygen atoms in total. The quantitative estimate of drug-likeness (QED) is 0.755. The lowest BCUT2D eigenvalue weighted by atomic mass is 10.2. The molecule has 1 N–H and O–H groups in total. The topological polar surface area (TPSA) is 78.5 Å². The predicted molar refractivity (Wildman–Crippen MR) is 65.3 cm³/mol. The summed E-state index contributed by atoms with van der Waals surface area (Å²) in [6, 6.07) is 5.84. The van der Waals surface area contributed by atoms with E-state index in [0.29, 0.717) is 0 Å². The molecule has 1 aliphatic heterocycles. The normalized spacial score (nSPS) is 14.3. The largest absolute Gasteiger partial charge is 0.497 e. The molecule has 6 heteroatoms. The first-order chi connectivity index (χ1) is 8.85. The predicted octanol–water partition coefficient (Wildman–Crippen LogP) is -0.180. The molecule has 1 fully saturated rings. The van der Waals surface area contributed by atoms with Crippen molar-refractivity contribution in [3.05, 3.63) is 18.2 Å². The Labute approximate surface area is 106 Å². The van der Waals surface area contributed by atoms with Gasteiger partial charge in [-0.25, -0.2) is 0 Å². The first kappa shape index (κ1) is 14.1. The van der Waals surface area contributed by atoms with E-state index in [1.54, 1.807) is 14.2 Å². The average molecular weight is 252 g/mol. The second-order valence-corrected chi connectivity index (χ2v) is 3.64. The third-order valence-corrected chi connectivity index (χ3v) is 2.74. The van der Waals surface area contributed by atoms with Crippen molar-refractivity contribution in [3.63, 3.8) is 0 Å². The molecule has 98 valence electrons. The molecule has 1 saturated heterocycles. The van der Waals surface area contributed by atoms with Crippen LogP contribution < -0.4 is 19.8 Å². The zero-order valence-corrected chi connectivity index (χ0v) is 10.7. The lowest BCUT2D eigenvalue weighted by molar-refractivity contribution is -0.175. The third-order valence-electron chi connectivity index (χ3n) is 2.74. The second-order valence-electron chi connectivity index (χ2n) is 3.64. The number of anilines is 1. The van der Waals surface area contributed by atoms with E-state index < -0.39 is 0 Å². The molecule has 0 radical (unpaired) electrons. The molecule has 1 aromatic carbocycles. The van der Waals surface area contributed by atoms with E-state index in [1.807, 2.05) is 18.2 Å². The highest BCUT2D eigenvalue weighted by molar-refractivity contribution is 5.61.